The van der Waals surface area contributed by atoms with Gasteiger partial charge in [0.25, 0.3) is 5.91 Å². The number of rotatable bonds is 2. The highest BCUT2D eigenvalue weighted by atomic mass is 35.5. The van der Waals surface area contributed by atoms with Crippen molar-refractivity contribution < 1.29 is 23.1 Å². The molecule has 2 fully saturated rings. The van der Waals surface area contributed by atoms with E-state index in [4.69, 9.17) is 16.3 Å². The molecule has 0 spiro atoms. The monoisotopic (exact) mass is 671 g/mol. The van der Waals surface area contributed by atoms with Crippen molar-refractivity contribution in [3.63, 3.8) is 0 Å². The smallest absolute Gasteiger partial charge is 0.264 e. The molecule has 46 heavy (non-hydrogen) atoms. The number of halogens is 1. The van der Waals surface area contributed by atoms with E-state index in [0.29, 0.717) is 48.2 Å². The Bertz CT molecular complexity index is 1510. The molecule has 8 nitrogen and oxygen atoms in total. The first-order valence-electron chi connectivity index (χ1n) is 17.3. The van der Waals surface area contributed by atoms with E-state index >= 15 is 0 Å². The van der Waals surface area contributed by atoms with Crippen molar-refractivity contribution in [2.75, 3.05) is 37.6 Å². The predicted octanol–water partition coefficient (Wildman–Crippen LogP) is 6.18. The van der Waals surface area contributed by atoms with Crippen LogP contribution < -0.4 is 14.4 Å². The molecule has 3 heterocycles. The fraction of sp³-hybridized carbons (Fsp3) is 0.639. The molecule has 0 radical (unpaired) electrons. The summed E-state index contributed by atoms with van der Waals surface area (Å²) in [7, 11) is -3.92. The molecule has 252 valence electrons. The number of nitrogens with one attached hydrogen (secondary N) is 1. The number of carbonyl (C=O) groups is 1. The van der Waals surface area contributed by atoms with Crippen LogP contribution in [0.25, 0.3) is 0 Å². The summed E-state index contributed by atoms with van der Waals surface area (Å²) in [5, 5.41) is 12.4. The molecule has 6 rings (SSSR count). The summed E-state index contributed by atoms with van der Waals surface area (Å²) in [6.07, 6.45) is 9.25. The summed E-state index contributed by atoms with van der Waals surface area (Å²) >= 11 is 6.36. The van der Waals surface area contributed by atoms with Gasteiger partial charge >= 0.3 is 0 Å². The molecule has 0 unspecified atom stereocenters. The number of fused-ring (bicyclic) bond motifs is 3. The summed E-state index contributed by atoms with van der Waals surface area (Å²) < 4.78 is 35.7. The maximum Gasteiger partial charge on any atom is 0.264 e. The quantitative estimate of drug-likeness (QED) is 0.393. The first kappa shape index (κ1) is 33.6. The normalized spacial score (nSPS) is 31.0. The summed E-state index contributed by atoms with van der Waals surface area (Å²) in [4.78, 5) is 18.2. The highest BCUT2D eigenvalue weighted by molar-refractivity contribution is 7.90. The minimum atomic E-state index is -3.92. The van der Waals surface area contributed by atoms with Crippen LogP contribution >= 0.6 is 11.6 Å². The second-order valence-corrected chi connectivity index (χ2v) is 16.8. The number of hydrogen-bond donors (Lipinski definition) is 2. The number of anilines is 1. The molecule has 1 amide bonds. The Kier molecular flexibility index (Phi) is 10.2. The van der Waals surface area contributed by atoms with Crippen LogP contribution in [-0.4, -0.2) is 67.9 Å². The summed E-state index contributed by atoms with van der Waals surface area (Å²) in [5.74, 6) is 0.348. The van der Waals surface area contributed by atoms with Crippen LogP contribution in [0.15, 0.2) is 36.4 Å². The third kappa shape index (κ3) is 7.38. The van der Waals surface area contributed by atoms with Gasteiger partial charge in [-0.2, -0.15) is 0 Å². The highest BCUT2D eigenvalue weighted by Gasteiger charge is 2.48. The SMILES string of the molecule is C[C@@H]1[C@@H](C)CCC[C@@](O)(CN2CCCC2)[C@@H]2CC[C@H]2CN2CCCCc3cc(Cl)ccc3COc3ccc(cc32)C(=O)NS1(=O)=O. The number of nitrogens with zero attached hydrogens (tertiary/aromatic N) is 2. The van der Waals surface area contributed by atoms with Crippen LogP contribution in [-0.2, 0) is 23.1 Å². The number of aliphatic hydroxyl groups is 1. The fourth-order valence-corrected chi connectivity index (χ4v) is 9.62. The minimum Gasteiger partial charge on any atom is -0.487 e. The second-order valence-electron chi connectivity index (χ2n) is 14.4. The maximum absolute atomic E-state index is 13.5. The van der Waals surface area contributed by atoms with Crippen molar-refractivity contribution in [3.05, 3.63) is 58.1 Å². The zero-order chi connectivity index (χ0) is 32.5. The average Bonchev–Trinajstić information content (AvgIpc) is 3.50. The van der Waals surface area contributed by atoms with Gasteiger partial charge in [-0.05, 0) is 137 Å². The van der Waals surface area contributed by atoms with Crippen molar-refractivity contribution in [2.24, 2.45) is 17.8 Å². The van der Waals surface area contributed by atoms with E-state index < -0.39 is 26.8 Å². The van der Waals surface area contributed by atoms with Crippen LogP contribution in [0.5, 0.6) is 5.75 Å². The van der Waals surface area contributed by atoms with Crippen molar-refractivity contribution in [2.45, 2.75) is 95.5 Å². The first-order chi connectivity index (χ1) is 22.0. The van der Waals surface area contributed by atoms with E-state index in [1.54, 1.807) is 25.1 Å². The number of amides is 1. The number of β-amino-alcohol motifs (C(OH)–C–C–N with tert-alkyl or cyclic N) is 1. The molecule has 2 bridgehead atoms. The van der Waals surface area contributed by atoms with E-state index in [2.05, 4.69) is 14.5 Å². The van der Waals surface area contributed by atoms with Gasteiger partial charge in [-0.25, -0.2) is 13.1 Å². The van der Waals surface area contributed by atoms with Crippen molar-refractivity contribution in [1.29, 1.82) is 0 Å². The molecule has 2 aromatic rings. The summed E-state index contributed by atoms with van der Waals surface area (Å²) in [6.45, 7) is 8.22. The molecule has 1 aliphatic carbocycles. The van der Waals surface area contributed by atoms with Gasteiger partial charge in [0.15, 0.2) is 0 Å². The number of ether oxygens (including phenoxy) is 1. The Morgan fingerprint density at radius 1 is 0.978 bits per heavy atom. The van der Waals surface area contributed by atoms with Gasteiger partial charge in [-0.3, -0.25) is 4.79 Å². The Morgan fingerprint density at radius 2 is 1.76 bits per heavy atom. The molecule has 3 aliphatic heterocycles. The van der Waals surface area contributed by atoms with E-state index in [1.165, 1.54) is 18.4 Å². The highest BCUT2D eigenvalue weighted by Crippen LogP contribution is 2.46. The summed E-state index contributed by atoms with van der Waals surface area (Å²) in [5.41, 5.74) is 2.53. The second kappa shape index (κ2) is 14.0. The predicted molar refractivity (Wildman–Crippen MR) is 183 cm³/mol. The lowest BCUT2D eigenvalue weighted by Gasteiger charge is -2.50. The Morgan fingerprint density at radius 3 is 2.52 bits per heavy atom. The van der Waals surface area contributed by atoms with Gasteiger partial charge in [0, 0.05) is 30.2 Å². The van der Waals surface area contributed by atoms with Crippen molar-refractivity contribution >= 4 is 33.2 Å². The molecular weight excluding hydrogens is 622 g/mol. The lowest BCUT2D eigenvalue weighted by molar-refractivity contribution is -0.103. The van der Waals surface area contributed by atoms with Crippen LogP contribution in [0.3, 0.4) is 0 Å². The van der Waals surface area contributed by atoms with Gasteiger partial charge in [-0.1, -0.05) is 31.0 Å². The Hall–Kier alpha value is -2.33. The van der Waals surface area contributed by atoms with Gasteiger partial charge < -0.3 is 19.6 Å². The number of sulfonamides is 1. The lowest BCUT2D eigenvalue weighted by Crippen LogP contribution is -2.56. The topological polar surface area (TPSA) is 99.2 Å². The largest absolute Gasteiger partial charge is 0.487 e. The molecule has 2 aromatic carbocycles. The van der Waals surface area contributed by atoms with E-state index in [9.17, 15) is 18.3 Å². The van der Waals surface area contributed by atoms with Crippen molar-refractivity contribution in [1.82, 2.24) is 9.62 Å². The van der Waals surface area contributed by atoms with Crippen molar-refractivity contribution in [3.8, 4) is 5.75 Å². The van der Waals surface area contributed by atoms with E-state index in [-0.39, 0.29) is 11.8 Å². The summed E-state index contributed by atoms with van der Waals surface area (Å²) in [6, 6.07) is 11.2. The Balaban J connectivity index is 1.38. The third-order valence-corrected chi connectivity index (χ3v) is 13.4. The third-order valence-electron chi connectivity index (χ3n) is 11.3. The number of hydrogen-bond acceptors (Lipinski definition) is 7. The number of benzene rings is 2. The Labute approximate surface area is 279 Å². The molecule has 0 aromatic heterocycles. The van der Waals surface area contributed by atoms with Crippen LogP contribution in [0, 0.1) is 17.8 Å². The zero-order valence-electron chi connectivity index (χ0n) is 27.3. The molecule has 2 N–H and O–H groups in total. The van der Waals surface area contributed by atoms with Crippen LogP contribution in [0.1, 0.15) is 93.1 Å². The van der Waals surface area contributed by atoms with Gasteiger partial charge in [0.05, 0.1) is 16.5 Å². The number of likely N-dealkylation sites (tertiary alicyclic amines) is 1. The zero-order valence-corrected chi connectivity index (χ0v) is 28.9. The van der Waals surface area contributed by atoms with Gasteiger partial charge in [0.1, 0.15) is 12.4 Å². The molecule has 5 atom stereocenters. The number of carbonyl (C=O) groups excluding carboxylic acids is 1. The van der Waals surface area contributed by atoms with E-state index in [0.717, 1.165) is 76.0 Å². The first-order valence-corrected chi connectivity index (χ1v) is 19.2. The molecule has 10 heteroatoms. The maximum atomic E-state index is 13.5. The minimum absolute atomic E-state index is 0.165. The molecule has 1 saturated carbocycles. The molecule has 1 saturated heterocycles. The molecule has 4 aliphatic rings. The van der Waals surface area contributed by atoms with Crippen LogP contribution in [0.2, 0.25) is 5.02 Å². The fourth-order valence-electron chi connectivity index (χ4n) is 8.12. The van der Waals surface area contributed by atoms with Gasteiger partial charge in [-0.15, -0.1) is 0 Å². The standard InChI is InChI=1S/C36H50ClN3O5S/c1-25-8-7-16-36(42,24-39-17-5-6-18-39)32-14-11-29(32)22-40-19-4-3-9-27-20-31(37)13-10-30(27)23-45-34-15-12-28(21-33(34)40)35(41)38-46(43,44)26(25)2/h10,12-13,15,20-21,25-26,29,32,42H,3-9,11,14,16-19,22-24H2,1-2H3,(H,38,41)/t25-,26+,29-,32+,36+/m0/s1. The lowest BCUT2D eigenvalue weighted by atomic mass is 9.62. The number of aryl methyl sites for hydroxylation is 1. The average molecular weight is 672 g/mol. The van der Waals surface area contributed by atoms with E-state index in [1.807, 2.05) is 25.1 Å². The van der Waals surface area contributed by atoms with Gasteiger partial charge in [0.2, 0.25) is 10.0 Å². The molecular formula is C36H50ClN3O5S. The van der Waals surface area contributed by atoms with Crippen LogP contribution in [0.4, 0.5) is 5.69 Å².